The van der Waals surface area contributed by atoms with E-state index in [2.05, 4.69) is 95.3 Å². The van der Waals surface area contributed by atoms with Gasteiger partial charge in [-0.25, -0.2) is 0 Å². The molecule has 0 spiro atoms. The summed E-state index contributed by atoms with van der Waals surface area (Å²) >= 11 is 0. The number of fused-ring (bicyclic) bond motifs is 5. The van der Waals surface area contributed by atoms with E-state index in [0.29, 0.717) is 10.8 Å². The smallest absolute Gasteiger partial charge is 0.0109 e. The molecule has 39 heavy (non-hydrogen) atoms. The Morgan fingerprint density at radius 3 is 2.23 bits per heavy atom. The molecular weight excluding hydrogens is 468 g/mol. The molecule has 0 nitrogen and oxygen atoms in total. The van der Waals surface area contributed by atoms with Crippen LogP contribution in [0.3, 0.4) is 0 Å². The summed E-state index contributed by atoms with van der Waals surface area (Å²) in [7, 11) is 0. The lowest BCUT2D eigenvalue weighted by Crippen LogP contribution is -2.52. The Labute approximate surface area is 240 Å². The number of benzene rings is 2. The Morgan fingerprint density at radius 1 is 0.744 bits per heavy atom. The van der Waals surface area contributed by atoms with Crippen LogP contribution in [0.25, 0.3) is 16.7 Å². The van der Waals surface area contributed by atoms with E-state index in [1.165, 1.54) is 87.3 Å². The molecule has 8 atom stereocenters. The average molecular weight is 523 g/mol. The Bertz CT molecular complexity index is 1160. The quantitative estimate of drug-likeness (QED) is 0.339. The van der Waals surface area contributed by atoms with Gasteiger partial charge >= 0.3 is 0 Å². The normalized spacial score (nSPS) is 36.6. The van der Waals surface area contributed by atoms with Crippen LogP contribution >= 0.6 is 0 Å². The molecule has 0 unspecified atom stereocenters. The third-order valence-corrected chi connectivity index (χ3v) is 12.9. The molecule has 3 fully saturated rings. The van der Waals surface area contributed by atoms with E-state index < -0.39 is 0 Å². The molecule has 0 bridgehead atoms. The van der Waals surface area contributed by atoms with Crippen LogP contribution in [0, 0.1) is 52.3 Å². The van der Waals surface area contributed by atoms with Crippen LogP contribution in [0.2, 0.25) is 0 Å². The van der Waals surface area contributed by atoms with Crippen molar-refractivity contribution in [3.8, 4) is 11.1 Å². The standard InChI is InChI=1S/C39H54/c1-27(2)12-11-13-28(3)35-20-21-36-34-19-18-31-26-30(22-24-38(31,4)37(34)23-25-39(35,36)5)33-17-10-9-16-32(33)29-14-7-6-8-15-29/h6-10,14-17,22,27-28,31,34-37H,11-13,18-21,23-26H2,1-5H3/t28-,31+,34+,35-,36+,37+,38+,39-/m1/s1. The van der Waals surface area contributed by atoms with Crippen molar-refractivity contribution in [3.05, 3.63) is 66.2 Å². The highest BCUT2D eigenvalue weighted by atomic mass is 14.6. The van der Waals surface area contributed by atoms with Crippen LogP contribution in [0.1, 0.15) is 111 Å². The van der Waals surface area contributed by atoms with Crippen LogP contribution in [0.4, 0.5) is 0 Å². The van der Waals surface area contributed by atoms with Crippen LogP contribution in [0.15, 0.2) is 60.7 Å². The van der Waals surface area contributed by atoms with Gasteiger partial charge in [-0.3, -0.25) is 0 Å². The number of hydrogen-bond acceptors (Lipinski definition) is 0. The van der Waals surface area contributed by atoms with Gasteiger partial charge in [0, 0.05) is 0 Å². The lowest BCUT2D eigenvalue weighted by molar-refractivity contribution is -0.0999. The molecule has 2 aromatic rings. The largest absolute Gasteiger partial charge is 0.0801 e. The molecule has 0 saturated heterocycles. The van der Waals surface area contributed by atoms with E-state index >= 15 is 0 Å². The minimum atomic E-state index is 0.496. The molecule has 0 aliphatic heterocycles. The number of allylic oxidation sites excluding steroid dienone is 2. The van der Waals surface area contributed by atoms with Crippen molar-refractivity contribution in [2.75, 3.05) is 0 Å². The lowest BCUT2D eigenvalue weighted by atomic mass is 9.44. The van der Waals surface area contributed by atoms with Crippen molar-refractivity contribution in [1.29, 1.82) is 0 Å². The minimum absolute atomic E-state index is 0.496. The predicted octanol–water partition coefficient (Wildman–Crippen LogP) is 11.5. The molecule has 0 aromatic heterocycles. The Hall–Kier alpha value is -1.82. The van der Waals surface area contributed by atoms with Gasteiger partial charge in [-0.2, -0.15) is 0 Å². The molecular formula is C39H54. The molecule has 3 saturated carbocycles. The summed E-state index contributed by atoms with van der Waals surface area (Å²) in [6.45, 7) is 12.9. The van der Waals surface area contributed by atoms with Gasteiger partial charge in [0.25, 0.3) is 0 Å². The van der Waals surface area contributed by atoms with Crippen molar-refractivity contribution in [2.45, 2.75) is 105 Å². The van der Waals surface area contributed by atoms with Crippen molar-refractivity contribution in [2.24, 2.45) is 52.3 Å². The third kappa shape index (κ3) is 4.87. The highest BCUT2D eigenvalue weighted by Gasteiger charge is 2.60. The van der Waals surface area contributed by atoms with Crippen molar-refractivity contribution in [3.63, 3.8) is 0 Å². The van der Waals surface area contributed by atoms with Gasteiger partial charge in [0.2, 0.25) is 0 Å². The van der Waals surface area contributed by atoms with Gasteiger partial charge in [0.05, 0.1) is 0 Å². The molecule has 4 aliphatic carbocycles. The highest BCUT2D eigenvalue weighted by Crippen LogP contribution is 2.68. The van der Waals surface area contributed by atoms with E-state index in [4.69, 9.17) is 0 Å². The third-order valence-electron chi connectivity index (χ3n) is 12.9. The Morgan fingerprint density at radius 2 is 1.46 bits per heavy atom. The van der Waals surface area contributed by atoms with Gasteiger partial charge in [-0.15, -0.1) is 0 Å². The fourth-order valence-corrected chi connectivity index (χ4v) is 10.8. The maximum absolute atomic E-state index is 2.75. The van der Waals surface area contributed by atoms with Gasteiger partial charge in [0.1, 0.15) is 0 Å². The molecule has 0 radical (unpaired) electrons. The van der Waals surface area contributed by atoms with Crippen molar-refractivity contribution < 1.29 is 0 Å². The van der Waals surface area contributed by atoms with E-state index in [1.807, 2.05) is 0 Å². The zero-order valence-corrected chi connectivity index (χ0v) is 25.6. The maximum atomic E-state index is 2.75. The van der Waals surface area contributed by atoms with Crippen LogP contribution in [0.5, 0.6) is 0 Å². The first-order valence-corrected chi connectivity index (χ1v) is 16.6. The van der Waals surface area contributed by atoms with Crippen LogP contribution in [-0.2, 0) is 0 Å². The van der Waals surface area contributed by atoms with Crippen LogP contribution < -0.4 is 0 Å². The molecule has 2 aromatic carbocycles. The molecule has 0 heteroatoms. The fourth-order valence-electron chi connectivity index (χ4n) is 10.8. The molecule has 6 rings (SSSR count). The van der Waals surface area contributed by atoms with Gasteiger partial charge in [-0.1, -0.05) is 115 Å². The maximum Gasteiger partial charge on any atom is -0.0109 e. The summed E-state index contributed by atoms with van der Waals surface area (Å²) in [5.74, 6) is 6.47. The summed E-state index contributed by atoms with van der Waals surface area (Å²) in [4.78, 5) is 0. The van der Waals surface area contributed by atoms with Crippen LogP contribution in [-0.4, -0.2) is 0 Å². The zero-order chi connectivity index (χ0) is 27.2. The van der Waals surface area contributed by atoms with Crippen molar-refractivity contribution in [1.82, 2.24) is 0 Å². The molecule has 210 valence electrons. The lowest BCUT2D eigenvalue weighted by Gasteiger charge is -2.60. The summed E-state index contributed by atoms with van der Waals surface area (Å²) in [6.07, 6.45) is 18.5. The first-order chi connectivity index (χ1) is 18.8. The van der Waals surface area contributed by atoms with E-state index in [1.54, 1.807) is 5.57 Å². The fraction of sp³-hybridized carbons (Fsp3) is 0.641. The highest BCUT2D eigenvalue weighted by molar-refractivity contribution is 5.81. The van der Waals surface area contributed by atoms with Gasteiger partial charge in [0.15, 0.2) is 0 Å². The number of rotatable bonds is 7. The second-order valence-electron chi connectivity index (χ2n) is 15.2. The Kier molecular flexibility index (Phi) is 7.62. The van der Waals surface area contributed by atoms with Gasteiger partial charge < -0.3 is 0 Å². The van der Waals surface area contributed by atoms with Gasteiger partial charge in [-0.05, 0) is 126 Å². The molecule has 0 amide bonds. The predicted molar refractivity (Wildman–Crippen MR) is 168 cm³/mol. The molecule has 0 N–H and O–H groups in total. The van der Waals surface area contributed by atoms with E-state index in [0.717, 1.165) is 41.4 Å². The minimum Gasteiger partial charge on any atom is -0.0801 e. The van der Waals surface area contributed by atoms with E-state index in [-0.39, 0.29) is 0 Å². The second kappa shape index (κ2) is 10.9. The first-order valence-electron chi connectivity index (χ1n) is 16.6. The average Bonchev–Trinajstić information content (AvgIpc) is 3.30. The summed E-state index contributed by atoms with van der Waals surface area (Å²) < 4.78 is 0. The Balaban J connectivity index is 1.20. The topological polar surface area (TPSA) is 0 Å². The summed E-state index contributed by atoms with van der Waals surface area (Å²) in [6, 6.07) is 20.2. The second-order valence-corrected chi connectivity index (χ2v) is 15.2. The first kappa shape index (κ1) is 27.4. The SMILES string of the molecule is CC(C)CCC[C@@H](C)[C@H]1CC[C@H]2[C@@H]3CC[C@H]4CC(c5ccccc5-c5ccccc5)=CC[C@]4(C)[C@H]3CC[C@]12C. The van der Waals surface area contributed by atoms with E-state index in [9.17, 15) is 0 Å². The monoisotopic (exact) mass is 522 g/mol. The molecule has 0 heterocycles. The zero-order valence-electron chi connectivity index (χ0n) is 25.6. The molecule has 4 aliphatic rings. The summed E-state index contributed by atoms with van der Waals surface area (Å²) in [5.41, 5.74) is 6.96. The number of hydrogen-bond donors (Lipinski definition) is 0. The van der Waals surface area contributed by atoms with Crippen molar-refractivity contribution >= 4 is 5.57 Å². The summed E-state index contributed by atoms with van der Waals surface area (Å²) in [5, 5.41) is 0.